The van der Waals surface area contributed by atoms with Gasteiger partial charge < -0.3 is 14.8 Å². The minimum Gasteiger partial charge on any atom is -0.490 e. The average molecular weight is 414 g/mol. The van der Waals surface area contributed by atoms with E-state index >= 15 is 0 Å². The largest absolute Gasteiger partial charge is 0.490 e. The van der Waals surface area contributed by atoms with E-state index in [9.17, 15) is 9.59 Å². The second-order valence-corrected chi connectivity index (χ2v) is 6.65. The highest BCUT2D eigenvalue weighted by molar-refractivity contribution is 5.97. The third-order valence-electron chi connectivity index (χ3n) is 4.45. The van der Waals surface area contributed by atoms with Crippen molar-refractivity contribution in [3.8, 4) is 11.5 Å². The van der Waals surface area contributed by atoms with Gasteiger partial charge in [-0.2, -0.15) is 0 Å². The standard InChI is InChI=1S/C23H31N3O4/c1-5-24-23(28)26-22(27)21(17-11-9-8-10-12-17)25-16(4)18-13-14-19(29-6-2)20(15-18)30-7-3/h8-16,21,25H,5-7H2,1-4H3,(H2,24,26,27,28)/t16-,21+/m1/s1. The van der Waals surface area contributed by atoms with Gasteiger partial charge in [-0.25, -0.2) is 4.79 Å². The molecule has 7 nitrogen and oxygen atoms in total. The van der Waals surface area contributed by atoms with E-state index in [2.05, 4.69) is 16.0 Å². The quantitative estimate of drug-likeness (QED) is 0.552. The van der Waals surface area contributed by atoms with Gasteiger partial charge in [-0.1, -0.05) is 36.4 Å². The van der Waals surface area contributed by atoms with Crippen molar-refractivity contribution >= 4 is 11.9 Å². The zero-order valence-corrected chi connectivity index (χ0v) is 18.0. The number of benzene rings is 2. The lowest BCUT2D eigenvalue weighted by atomic mass is 10.0. The summed E-state index contributed by atoms with van der Waals surface area (Å²) in [6, 6.07) is 13.6. The molecule has 0 saturated carbocycles. The molecule has 2 rings (SSSR count). The molecule has 3 amide bonds. The van der Waals surface area contributed by atoms with Crippen molar-refractivity contribution in [3.63, 3.8) is 0 Å². The Morgan fingerprint density at radius 2 is 1.57 bits per heavy atom. The topological polar surface area (TPSA) is 88.7 Å². The fraction of sp³-hybridized carbons (Fsp3) is 0.391. The summed E-state index contributed by atoms with van der Waals surface area (Å²) in [5.74, 6) is 0.924. The molecule has 2 aromatic carbocycles. The van der Waals surface area contributed by atoms with Crippen LogP contribution in [0.15, 0.2) is 48.5 Å². The van der Waals surface area contributed by atoms with Gasteiger partial charge in [0.25, 0.3) is 0 Å². The van der Waals surface area contributed by atoms with E-state index in [0.29, 0.717) is 31.3 Å². The highest BCUT2D eigenvalue weighted by Gasteiger charge is 2.24. The molecule has 0 fully saturated rings. The Bertz CT molecular complexity index is 826. The van der Waals surface area contributed by atoms with Crippen LogP contribution in [0.2, 0.25) is 0 Å². The van der Waals surface area contributed by atoms with E-state index in [1.807, 2.05) is 69.3 Å². The van der Waals surface area contributed by atoms with Crippen LogP contribution in [0, 0.1) is 0 Å². The molecule has 0 bridgehead atoms. The van der Waals surface area contributed by atoms with Gasteiger partial charge in [0, 0.05) is 12.6 Å². The monoisotopic (exact) mass is 413 g/mol. The van der Waals surface area contributed by atoms with Gasteiger partial charge >= 0.3 is 6.03 Å². The third kappa shape index (κ3) is 6.49. The van der Waals surface area contributed by atoms with E-state index in [4.69, 9.17) is 9.47 Å². The zero-order valence-electron chi connectivity index (χ0n) is 18.0. The molecule has 0 aliphatic carbocycles. The van der Waals surface area contributed by atoms with Crippen LogP contribution < -0.4 is 25.4 Å². The summed E-state index contributed by atoms with van der Waals surface area (Å²) >= 11 is 0. The summed E-state index contributed by atoms with van der Waals surface area (Å²) in [6.45, 7) is 9.09. The molecule has 7 heteroatoms. The molecule has 0 heterocycles. The number of imide groups is 1. The van der Waals surface area contributed by atoms with Gasteiger partial charge in [-0.05, 0) is 51.0 Å². The maximum atomic E-state index is 12.8. The lowest BCUT2D eigenvalue weighted by Gasteiger charge is -2.24. The Morgan fingerprint density at radius 3 is 2.20 bits per heavy atom. The van der Waals surface area contributed by atoms with Crippen LogP contribution in [0.3, 0.4) is 0 Å². The number of carbonyl (C=O) groups is 2. The third-order valence-corrected chi connectivity index (χ3v) is 4.45. The number of hydrogen-bond acceptors (Lipinski definition) is 5. The molecular formula is C23H31N3O4. The van der Waals surface area contributed by atoms with Crippen molar-refractivity contribution in [2.24, 2.45) is 0 Å². The second-order valence-electron chi connectivity index (χ2n) is 6.65. The summed E-state index contributed by atoms with van der Waals surface area (Å²) in [6.07, 6.45) is 0. The minimum atomic E-state index is -0.703. The van der Waals surface area contributed by atoms with Crippen LogP contribution >= 0.6 is 0 Å². The number of hydrogen-bond donors (Lipinski definition) is 3. The van der Waals surface area contributed by atoms with Gasteiger partial charge in [0.2, 0.25) is 5.91 Å². The van der Waals surface area contributed by atoms with Crippen molar-refractivity contribution < 1.29 is 19.1 Å². The average Bonchev–Trinajstić information content (AvgIpc) is 2.74. The summed E-state index contributed by atoms with van der Waals surface area (Å²) < 4.78 is 11.3. The van der Waals surface area contributed by atoms with E-state index in [1.165, 1.54) is 0 Å². The smallest absolute Gasteiger partial charge is 0.321 e. The van der Waals surface area contributed by atoms with Crippen LogP contribution in [-0.4, -0.2) is 31.7 Å². The summed E-state index contributed by atoms with van der Waals surface area (Å²) in [4.78, 5) is 24.7. The number of nitrogens with one attached hydrogen (secondary N) is 3. The van der Waals surface area contributed by atoms with Crippen molar-refractivity contribution in [3.05, 3.63) is 59.7 Å². The first-order chi connectivity index (χ1) is 14.5. The molecule has 3 N–H and O–H groups in total. The van der Waals surface area contributed by atoms with E-state index < -0.39 is 18.0 Å². The van der Waals surface area contributed by atoms with Crippen molar-refractivity contribution in [1.82, 2.24) is 16.0 Å². The Labute approximate surface area is 178 Å². The Kier molecular flexibility index (Phi) is 9.15. The lowest BCUT2D eigenvalue weighted by Crippen LogP contribution is -2.45. The lowest BCUT2D eigenvalue weighted by molar-refractivity contribution is -0.122. The first-order valence-electron chi connectivity index (χ1n) is 10.3. The second kappa shape index (κ2) is 11.8. The number of carbonyl (C=O) groups excluding carboxylic acids is 2. The predicted molar refractivity (Wildman–Crippen MR) is 117 cm³/mol. The molecule has 2 atom stereocenters. The van der Waals surface area contributed by atoms with Crippen LogP contribution in [0.25, 0.3) is 0 Å². The highest BCUT2D eigenvalue weighted by atomic mass is 16.5. The highest BCUT2D eigenvalue weighted by Crippen LogP contribution is 2.31. The fourth-order valence-electron chi connectivity index (χ4n) is 3.04. The Hall–Kier alpha value is -3.06. The number of ether oxygens (including phenoxy) is 2. The molecule has 0 aromatic heterocycles. The SMILES string of the molecule is CCNC(=O)NC(=O)[C@@H](N[C@H](C)c1ccc(OCC)c(OCC)c1)c1ccccc1. The number of rotatable bonds is 10. The number of urea groups is 1. The van der Waals surface area contributed by atoms with E-state index in [-0.39, 0.29) is 6.04 Å². The first kappa shape index (κ1) is 23.2. The van der Waals surface area contributed by atoms with Gasteiger partial charge in [0.05, 0.1) is 13.2 Å². The summed E-state index contributed by atoms with van der Waals surface area (Å²) in [5, 5.41) is 8.31. The molecule has 0 unspecified atom stereocenters. The summed E-state index contributed by atoms with van der Waals surface area (Å²) in [7, 11) is 0. The molecule has 162 valence electrons. The predicted octanol–water partition coefficient (Wildman–Crippen LogP) is 3.72. The fourth-order valence-corrected chi connectivity index (χ4v) is 3.04. The zero-order chi connectivity index (χ0) is 21.9. The van der Waals surface area contributed by atoms with Crippen LogP contribution in [0.1, 0.15) is 50.9 Å². The van der Waals surface area contributed by atoms with E-state index in [0.717, 1.165) is 11.1 Å². The van der Waals surface area contributed by atoms with Crippen LogP contribution in [-0.2, 0) is 4.79 Å². The maximum Gasteiger partial charge on any atom is 0.321 e. The van der Waals surface area contributed by atoms with Gasteiger partial charge in [-0.15, -0.1) is 0 Å². The van der Waals surface area contributed by atoms with Crippen molar-refractivity contribution in [1.29, 1.82) is 0 Å². The van der Waals surface area contributed by atoms with Crippen molar-refractivity contribution in [2.45, 2.75) is 39.8 Å². The molecule has 0 saturated heterocycles. The van der Waals surface area contributed by atoms with Crippen LogP contribution in [0.4, 0.5) is 4.79 Å². The maximum absolute atomic E-state index is 12.8. The van der Waals surface area contributed by atoms with Crippen LogP contribution in [0.5, 0.6) is 11.5 Å². The molecular weight excluding hydrogens is 382 g/mol. The van der Waals surface area contributed by atoms with Gasteiger partial charge in [0.15, 0.2) is 11.5 Å². The normalized spacial score (nSPS) is 12.5. The van der Waals surface area contributed by atoms with E-state index in [1.54, 1.807) is 6.92 Å². The first-order valence-corrected chi connectivity index (χ1v) is 10.3. The van der Waals surface area contributed by atoms with Gasteiger partial charge in [-0.3, -0.25) is 15.4 Å². The van der Waals surface area contributed by atoms with Crippen molar-refractivity contribution in [2.75, 3.05) is 19.8 Å². The number of amides is 3. The molecule has 0 radical (unpaired) electrons. The minimum absolute atomic E-state index is 0.190. The summed E-state index contributed by atoms with van der Waals surface area (Å²) in [5.41, 5.74) is 1.70. The molecule has 0 aliphatic rings. The molecule has 0 aliphatic heterocycles. The van der Waals surface area contributed by atoms with Gasteiger partial charge in [0.1, 0.15) is 6.04 Å². The molecule has 30 heavy (non-hydrogen) atoms. The molecule has 2 aromatic rings. The Balaban J connectivity index is 2.25. The molecule has 0 spiro atoms. The Morgan fingerprint density at radius 1 is 0.900 bits per heavy atom.